The van der Waals surface area contributed by atoms with Gasteiger partial charge in [-0.05, 0) is 42.5 Å². The van der Waals surface area contributed by atoms with Gasteiger partial charge in [-0.2, -0.15) is 0 Å². The molecule has 0 spiro atoms. The summed E-state index contributed by atoms with van der Waals surface area (Å²) in [6.07, 6.45) is 2.01. The number of rotatable bonds is 5. The van der Waals surface area contributed by atoms with Crippen LogP contribution in [0, 0.1) is 0 Å². The molecule has 0 fully saturated rings. The van der Waals surface area contributed by atoms with Crippen LogP contribution in [0.2, 0.25) is 5.02 Å². The van der Waals surface area contributed by atoms with Gasteiger partial charge in [0.15, 0.2) is 0 Å². The molecule has 0 unspecified atom stereocenters. The molecule has 0 radical (unpaired) electrons. The van der Waals surface area contributed by atoms with Gasteiger partial charge in [-0.25, -0.2) is 0 Å². The van der Waals surface area contributed by atoms with E-state index >= 15 is 0 Å². The molecule has 4 nitrogen and oxygen atoms in total. The largest absolute Gasteiger partial charge is 0.383 e. The summed E-state index contributed by atoms with van der Waals surface area (Å²) in [7, 11) is 1.69. The highest BCUT2D eigenvalue weighted by Crippen LogP contribution is 2.24. The number of hydrogen-bond acceptors (Lipinski definition) is 2. The smallest absolute Gasteiger partial charge is 0.257 e. The zero-order valence-electron chi connectivity index (χ0n) is 13.1. The lowest BCUT2D eigenvalue weighted by molar-refractivity contribution is 0.102. The molecule has 0 bridgehead atoms. The second-order valence-electron chi connectivity index (χ2n) is 5.35. The van der Waals surface area contributed by atoms with E-state index in [-0.39, 0.29) is 5.91 Å². The number of fused-ring (bicyclic) bond motifs is 1. The number of aromatic nitrogens is 1. The minimum absolute atomic E-state index is 0.237. The molecule has 1 amide bonds. The first-order valence-electron chi connectivity index (χ1n) is 7.43. The van der Waals surface area contributed by atoms with Crippen LogP contribution in [0.1, 0.15) is 10.4 Å². The van der Waals surface area contributed by atoms with Crippen LogP contribution in [0.25, 0.3) is 10.9 Å². The van der Waals surface area contributed by atoms with Crippen LogP contribution < -0.4 is 5.32 Å². The van der Waals surface area contributed by atoms with Crippen molar-refractivity contribution in [3.05, 3.63) is 63.7 Å². The van der Waals surface area contributed by atoms with Crippen molar-refractivity contribution in [2.75, 3.05) is 19.0 Å². The summed E-state index contributed by atoms with van der Waals surface area (Å²) in [5, 5.41) is 4.37. The predicted octanol–water partition coefficient (Wildman–Crippen LogP) is 4.96. The van der Waals surface area contributed by atoms with Gasteiger partial charge in [0.05, 0.1) is 17.2 Å². The first-order valence-corrected chi connectivity index (χ1v) is 8.60. The molecular weight excluding hydrogens is 392 g/mol. The van der Waals surface area contributed by atoms with Crippen molar-refractivity contribution >= 4 is 50.0 Å². The van der Waals surface area contributed by atoms with Gasteiger partial charge in [0.2, 0.25) is 0 Å². The average molecular weight is 408 g/mol. The highest BCUT2D eigenvalue weighted by atomic mass is 79.9. The summed E-state index contributed by atoms with van der Waals surface area (Å²) < 4.78 is 8.04. The van der Waals surface area contributed by atoms with Gasteiger partial charge in [-0.15, -0.1) is 0 Å². The van der Waals surface area contributed by atoms with Crippen molar-refractivity contribution in [2.45, 2.75) is 6.54 Å². The highest BCUT2D eigenvalue weighted by molar-refractivity contribution is 9.10. The molecule has 0 atom stereocenters. The lowest BCUT2D eigenvalue weighted by Gasteiger charge is -2.09. The molecule has 0 aliphatic carbocycles. The quantitative estimate of drug-likeness (QED) is 0.650. The summed E-state index contributed by atoms with van der Waals surface area (Å²) in [5.74, 6) is -0.237. The molecule has 6 heteroatoms. The second kappa shape index (κ2) is 7.38. The Labute approximate surface area is 153 Å². The number of anilines is 1. The van der Waals surface area contributed by atoms with E-state index in [0.717, 1.165) is 27.6 Å². The van der Waals surface area contributed by atoms with Gasteiger partial charge < -0.3 is 14.6 Å². The number of carbonyl (C=O) groups excluding carboxylic acids is 1. The molecule has 3 rings (SSSR count). The lowest BCUT2D eigenvalue weighted by Crippen LogP contribution is -2.12. The minimum atomic E-state index is -0.237. The Morgan fingerprint density at radius 2 is 2.08 bits per heavy atom. The fourth-order valence-corrected chi connectivity index (χ4v) is 3.10. The van der Waals surface area contributed by atoms with E-state index in [0.29, 0.717) is 17.2 Å². The monoisotopic (exact) mass is 406 g/mol. The van der Waals surface area contributed by atoms with Gasteiger partial charge in [0, 0.05) is 40.9 Å². The van der Waals surface area contributed by atoms with Crippen molar-refractivity contribution in [2.24, 2.45) is 0 Å². The maximum absolute atomic E-state index is 12.4. The minimum Gasteiger partial charge on any atom is -0.383 e. The Morgan fingerprint density at radius 1 is 1.25 bits per heavy atom. The van der Waals surface area contributed by atoms with E-state index in [4.69, 9.17) is 16.3 Å². The van der Waals surface area contributed by atoms with Crippen molar-refractivity contribution in [1.29, 1.82) is 0 Å². The first kappa shape index (κ1) is 17.0. The fraction of sp³-hybridized carbons (Fsp3) is 0.167. The van der Waals surface area contributed by atoms with Gasteiger partial charge in [0.1, 0.15) is 0 Å². The van der Waals surface area contributed by atoms with Crippen molar-refractivity contribution in [3.63, 3.8) is 0 Å². The third kappa shape index (κ3) is 3.64. The fourth-order valence-electron chi connectivity index (χ4n) is 2.53. The molecular formula is C18H16BrClN2O2. The van der Waals surface area contributed by atoms with Crippen LogP contribution in [0.3, 0.4) is 0 Å². The number of ether oxygens (including phenoxy) is 1. The third-order valence-electron chi connectivity index (χ3n) is 3.74. The zero-order valence-corrected chi connectivity index (χ0v) is 15.4. The Kier molecular flexibility index (Phi) is 5.23. The number of hydrogen-bond donors (Lipinski definition) is 1. The van der Waals surface area contributed by atoms with E-state index in [1.807, 2.05) is 30.5 Å². The Hall–Kier alpha value is -1.82. The Morgan fingerprint density at radius 3 is 2.88 bits per heavy atom. The van der Waals surface area contributed by atoms with Gasteiger partial charge in [-0.3, -0.25) is 4.79 Å². The molecule has 124 valence electrons. The van der Waals surface area contributed by atoms with Crippen LogP contribution in [0.15, 0.2) is 53.1 Å². The highest BCUT2D eigenvalue weighted by Gasteiger charge is 2.12. The summed E-state index contributed by atoms with van der Waals surface area (Å²) in [5.41, 5.74) is 2.27. The average Bonchev–Trinajstić information content (AvgIpc) is 2.97. The number of halogens is 2. The summed E-state index contributed by atoms with van der Waals surface area (Å²) in [6.45, 7) is 1.45. The Balaban J connectivity index is 1.82. The molecule has 0 aliphatic heterocycles. The first-order chi connectivity index (χ1) is 11.6. The van der Waals surface area contributed by atoms with Crippen molar-refractivity contribution < 1.29 is 9.53 Å². The number of benzene rings is 2. The molecule has 0 aliphatic rings. The second-order valence-corrected chi connectivity index (χ2v) is 6.68. The van der Waals surface area contributed by atoms with Crippen molar-refractivity contribution in [3.8, 4) is 0 Å². The normalized spacial score (nSPS) is 11.0. The lowest BCUT2D eigenvalue weighted by atomic mass is 10.2. The number of nitrogens with zero attached hydrogens (tertiary/aromatic N) is 1. The predicted molar refractivity (Wildman–Crippen MR) is 101 cm³/mol. The number of nitrogens with one attached hydrogen (secondary N) is 1. The van der Waals surface area contributed by atoms with Crippen LogP contribution in [-0.4, -0.2) is 24.2 Å². The molecule has 1 heterocycles. The number of carbonyl (C=O) groups is 1. The van der Waals surface area contributed by atoms with Gasteiger partial charge in [-0.1, -0.05) is 27.5 Å². The molecule has 1 N–H and O–H groups in total. The van der Waals surface area contributed by atoms with E-state index in [2.05, 4.69) is 25.8 Å². The maximum Gasteiger partial charge on any atom is 0.257 e. The van der Waals surface area contributed by atoms with E-state index in [1.54, 1.807) is 25.3 Å². The van der Waals surface area contributed by atoms with Crippen LogP contribution in [-0.2, 0) is 11.3 Å². The number of amides is 1. The van der Waals surface area contributed by atoms with Gasteiger partial charge >= 0.3 is 0 Å². The van der Waals surface area contributed by atoms with Gasteiger partial charge in [0.25, 0.3) is 5.91 Å². The maximum atomic E-state index is 12.4. The zero-order chi connectivity index (χ0) is 17.1. The SMILES string of the molecule is COCCn1ccc2cc(NC(=O)c3cc(Br)ccc3Cl)ccc21. The molecule has 2 aromatic carbocycles. The molecule has 3 aromatic rings. The molecule has 24 heavy (non-hydrogen) atoms. The topological polar surface area (TPSA) is 43.3 Å². The standard InChI is InChI=1S/C18H16BrClN2O2/c1-24-9-8-22-7-6-12-10-14(3-5-17(12)22)21-18(23)15-11-13(19)2-4-16(15)20/h2-7,10-11H,8-9H2,1H3,(H,21,23). The van der Waals surface area contributed by atoms with E-state index in [9.17, 15) is 4.79 Å². The molecule has 1 aromatic heterocycles. The van der Waals surface area contributed by atoms with Crippen molar-refractivity contribution in [1.82, 2.24) is 4.57 Å². The number of methoxy groups -OCH3 is 1. The third-order valence-corrected chi connectivity index (χ3v) is 4.56. The summed E-state index contributed by atoms with van der Waals surface area (Å²) >= 11 is 9.46. The van der Waals surface area contributed by atoms with Crippen LogP contribution in [0.5, 0.6) is 0 Å². The van der Waals surface area contributed by atoms with E-state index in [1.165, 1.54) is 0 Å². The van der Waals surface area contributed by atoms with Crippen LogP contribution >= 0.6 is 27.5 Å². The van der Waals surface area contributed by atoms with E-state index < -0.39 is 0 Å². The van der Waals surface area contributed by atoms with Crippen LogP contribution in [0.4, 0.5) is 5.69 Å². The summed E-state index contributed by atoms with van der Waals surface area (Å²) in [4.78, 5) is 12.4. The molecule has 0 saturated heterocycles. The summed E-state index contributed by atoms with van der Waals surface area (Å²) in [6, 6.07) is 13.0. The Bertz CT molecular complexity index is 892. The molecule has 0 saturated carbocycles.